The van der Waals surface area contributed by atoms with Gasteiger partial charge in [-0.2, -0.15) is 0 Å². The maximum atomic E-state index is 5.24. The van der Waals surface area contributed by atoms with Crippen LogP contribution in [0.25, 0.3) is 10.9 Å². The molecule has 2 aromatic rings. The molecule has 100 valence electrons. The number of aromatic nitrogens is 1. The number of fused-ring (bicyclic) bond motifs is 1. The van der Waals surface area contributed by atoms with E-state index in [1.807, 2.05) is 37.3 Å². The summed E-state index contributed by atoms with van der Waals surface area (Å²) in [7, 11) is 1.67. The zero-order valence-corrected chi connectivity index (χ0v) is 11.8. The zero-order chi connectivity index (χ0) is 13.7. The molecule has 0 amide bonds. The number of methoxy groups -OCH3 is 1. The van der Waals surface area contributed by atoms with Gasteiger partial charge in [-0.15, -0.1) is 0 Å². The minimum Gasteiger partial charge on any atom is -0.383 e. The smallest absolute Gasteiger partial charge is 0.171 e. The Hall–Kier alpha value is -1.72. The molecule has 0 bridgehead atoms. The molecule has 1 atom stereocenters. The Kier molecular flexibility index (Phi) is 4.65. The fourth-order valence-electron chi connectivity index (χ4n) is 1.82. The number of thiocarbonyl (C=S) groups is 1. The van der Waals surface area contributed by atoms with Crippen LogP contribution >= 0.6 is 12.2 Å². The van der Waals surface area contributed by atoms with Crippen molar-refractivity contribution in [3.05, 3.63) is 36.5 Å². The Bertz CT molecular complexity index is 573. The number of nitrogens with one attached hydrogen (secondary N) is 2. The number of para-hydroxylation sites is 1. The summed E-state index contributed by atoms with van der Waals surface area (Å²) < 4.78 is 5.05. The van der Waals surface area contributed by atoms with Gasteiger partial charge < -0.3 is 15.4 Å². The van der Waals surface area contributed by atoms with Crippen molar-refractivity contribution >= 4 is 33.9 Å². The van der Waals surface area contributed by atoms with E-state index < -0.39 is 0 Å². The number of anilines is 1. The van der Waals surface area contributed by atoms with Crippen LogP contribution in [0.4, 0.5) is 5.69 Å². The summed E-state index contributed by atoms with van der Waals surface area (Å²) in [5.41, 5.74) is 1.85. The molecule has 0 aliphatic rings. The summed E-state index contributed by atoms with van der Waals surface area (Å²) in [4.78, 5) is 4.38. The average molecular weight is 275 g/mol. The van der Waals surface area contributed by atoms with Crippen molar-refractivity contribution in [2.45, 2.75) is 13.0 Å². The monoisotopic (exact) mass is 275 g/mol. The van der Waals surface area contributed by atoms with Gasteiger partial charge in [0.2, 0.25) is 0 Å². The van der Waals surface area contributed by atoms with Crippen LogP contribution in [0.15, 0.2) is 36.5 Å². The van der Waals surface area contributed by atoms with Gasteiger partial charge in [-0.25, -0.2) is 0 Å². The zero-order valence-electron chi connectivity index (χ0n) is 11.0. The van der Waals surface area contributed by atoms with Gasteiger partial charge in [-0.1, -0.05) is 18.2 Å². The van der Waals surface area contributed by atoms with Gasteiger partial charge in [-0.05, 0) is 31.3 Å². The summed E-state index contributed by atoms with van der Waals surface area (Å²) in [6.07, 6.45) is 1.78. The third-order valence-corrected chi connectivity index (χ3v) is 2.86. The summed E-state index contributed by atoms with van der Waals surface area (Å²) in [5.74, 6) is 0. The molecule has 0 fully saturated rings. The molecule has 0 aliphatic heterocycles. The van der Waals surface area contributed by atoms with Crippen LogP contribution in [-0.4, -0.2) is 29.9 Å². The molecule has 2 N–H and O–H groups in total. The summed E-state index contributed by atoms with van der Waals surface area (Å²) in [5, 5.41) is 7.93. The first-order valence-electron chi connectivity index (χ1n) is 6.10. The first-order chi connectivity index (χ1) is 9.19. The minimum absolute atomic E-state index is 0.165. The highest BCUT2D eigenvalue weighted by molar-refractivity contribution is 7.80. The number of hydrogen-bond acceptors (Lipinski definition) is 3. The van der Waals surface area contributed by atoms with Crippen molar-refractivity contribution in [1.82, 2.24) is 10.3 Å². The maximum absolute atomic E-state index is 5.24. The molecule has 2 rings (SSSR count). The lowest BCUT2D eigenvalue weighted by molar-refractivity contribution is 0.179. The normalized spacial score (nSPS) is 12.1. The second-order valence-electron chi connectivity index (χ2n) is 4.37. The fourth-order valence-corrected chi connectivity index (χ4v) is 2.14. The van der Waals surface area contributed by atoms with Gasteiger partial charge in [-0.3, -0.25) is 4.98 Å². The second-order valence-corrected chi connectivity index (χ2v) is 4.78. The van der Waals surface area contributed by atoms with Gasteiger partial charge in [0.15, 0.2) is 5.11 Å². The number of hydrogen-bond donors (Lipinski definition) is 2. The van der Waals surface area contributed by atoms with Crippen molar-refractivity contribution in [2.24, 2.45) is 0 Å². The topological polar surface area (TPSA) is 46.2 Å². The summed E-state index contributed by atoms with van der Waals surface area (Å²) in [6, 6.07) is 10.2. The Morgan fingerprint density at radius 2 is 2.21 bits per heavy atom. The van der Waals surface area contributed by atoms with Crippen molar-refractivity contribution < 1.29 is 4.74 Å². The van der Waals surface area contributed by atoms with Gasteiger partial charge in [0.05, 0.1) is 24.0 Å². The summed E-state index contributed by atoms with van der Waals surface area (Å²) in [6.45, 7) is 2.62. The van der Waals surface area contributed by atoms with Crippen molar-refractivity contribution in [3.63, 3.8) is 0 Å². The third-order valence-electron chi connectivity index (χ3n) is 2.64. The van der Waals surface area contributed by atoms with Crippen LogP contribution in [0.2, 0.25) is 0 Å². The predicted molar refractivity (Wildman–Crippen MR) is 82.4 cm³/mol. The molecule has 0 spiro atoms. The number of ether oxygens (including phenoxy) is 1. The van der Waals surface area contributed by atoms with E-state index >= 15 is 0 Å². The lowest BCUT2D eigenvalue weighted by Gasteiger charge is -2.16. The van der Waals surface area contributed by atoms with E-state index in [2.05, 4.69) is 15.6 Å². The van der Waals surface area contributed by atoms with E-state index in [1.54, 1.807) is 13.3 Å². The lowest BCUT2D eigenvalue weighted by atomic mass is 10.2. The highest BCUT2D eigenvalue weighted by Gasteiger charge is 2.04. The third kappa shape index (κ3) is 3.87. The van der Waals surface area contributed by atoms with Gasteiger partial charge in [0, 0.05) is 18.5 Å². The van der Waals surface area contributed by atoms with E-state index in [0.717, 1.165) is 16.6 Å². The highest BCUT2D eigenvalue weighted by atomic mass is 32.1. The molecule has 0 radical (unpaired) electrons. The first-order valence-corrected chi connectivity index (χ1v) is 6.51. The van der Waals surface area contributed by atoms with E-state index in [9.17, 15) is 0 Å². The molecule has 5 heteroatoms. The highest BCUT2D eigenvalue weighted by Crippen LogP contribution is 2.15. The van der Waals surface area contributed by atoms with Crippen molar-refractivity contribution in [2.75, 3.05) is 19.0 Å². The number of rotatable bonds is 4. The quantitative estimate of drug-likeness (QED) is 0.840. The Morgan fingerprint density at radius 1 is 1.42 bits per heavy atom. The Balaban J connectivity index is 2.02. The van der Waals surface area contributed by atoms with Gasteiger partial charge in [0.25, 0.3) is 0 Å². The van der Waals surface area contributed by atoms with Gasteiger partial charge >= 0.3 is 0 Å². The molecule has 1 aromatic heterocycles. The molecular formula is C14H17N3OS. The van der Waals surface area contributed by atoms with Gasteiger partial charge in [0.1, 0.15) is 0 Å². The number of nitrogens with zero attached hydrogens (tertiary/aromatic N) is 1. The molecule has 0 saturated heterocycles. The summed E-state index contributed by atoms with van der Waals surface area (Å²) >= 11 is 5.24. The Labute approximate surface area is 118 Å². The number of pyridine rings is 1. The van der Waals surface area contributed by atoms with Crippen LogP contribution in [0.5, 0.6) is 0 Å². The van der Waals surface area contributed by atoms with E-state index in [1.165, 1.54) is 0 Å². The van der Waals surface area contributed by atoms with Crippen molar-refractivity contribution in [1.29, 1.82) is 0 Å². The van der Waals surface area contributed by atoms with E-state index in [0.29, 0.717) is 11.7 Å². The van der Waals surface area contributed by atoms with Crippen LogP contribution in [0, 0.1) is 0 Å². The predicted octanol–water partition coefficient (Wildman–Crippen LogP) is 2.56. The molecule has 19 heavy (non-hydrogen) atoms. The van der Waals surface area contributed by atoms with E-state index in [-0.39, 0.29) is 6.04 Å². The molecule has 0 aliphatic carbocycles. The lowest BCUT2D eigenvalue weighted by Crippen LogP contribution is -2.38. The largest absolute Gasteiger partial charge is 0.383 e. The molecule has 4 nitrogen and oxygen atoms in total. The van der Waals surface area contributed by atoms with Crippen LogP contribution in [0.3, 0.4) is 0 Å². The molecule has 1 unspecified atom stereocenters. The van der Waals surface area contributed by atoms with Crippen LogP contribution in [-0.2, 0) is 4.74 Å². The SMILES string of the molecule is COCC(C)NC(=S)Nc1cnc2ccccc2c1. The van der Waals surface area contributed by atoms with E-state index in [4.69, 9.17) is 17.0 Å². The van der Waals surface area contributed by atoms with Crippen LogP contribution in [0.1, 0.15) is 6.92 Å². The standard InChI is InChI=1S/C14H17N3OS/c1-10(9-18-2)16-14(19)17-12-7-11-5-3-4-6-13(11)15-8-12/h3-8,10H,9H2,1-2H3,(H2,16,17,19). The first kappa shape index (κ1) is 13.7. The molecule has 1 heterocycles. The fraction of sp³-hybridized carbons (Fsp3) is 0.286. The molecule has 1 aromatic carbocycles. The maximum Gasteiger partial charge on any atom is 0.171 e. The van der Waals surface area contributed by atoms with Crippen molar-refractivity contribution in [3.8, 4) is 0 Å². The average Bonchev–Trinajstić information content (AvgIpc) is 2.38. The van der Waals surface area contributed by atoms with Crippen LogP contribution < -0.4 is 10.6 Å². The number of benzene rings is 1. The molecule has 0 saturated carbocycles. The Morgan fingerprint density at radius 3 is 3.00 bits per heavy atom. The molecular weight excluding hydrogens is 258 g/mol. The second kappa shape index (κ2) is 6.45. The minimum atomic E-state index is 0.165.